The number of nitrogens with zero attached hydrogens (tertiary/aromatic N) is 3. The minimum absolute atomic E-state index is 0.496. The highest BCUT2D eigenvalue weighted by atomic mass is 15.2. The van der Waals surface area contributed by atoms with Crippen LogP contribution in [0.4, 0.5) is 0 Å². The van der Waals surface area contributed by atoms with Crippen molar-refractivity contribution in [1.29, 1.82) is 0 Å². The molecule has 0 aromatic carbocycles. The van der Waals surface area contributed by atoms with Gasteiger partial charge in [-0.3, -0.25) is 15.0 Å². The molecule has 0 spiro atoms. The van der Waals surface area contributed by atoms with Crippen molar-refractivity contribution in [3.63, 3.8) is 0 Å². The van der Waals surface area contributed by atoms with Crippen LogP contribution in [0.25, 0.3) is 0 Å². The monoisotopic (exact) mass is 242 g/mol. The highest BCUT2D eigenvalue weighted by molar-refractivity contribution is 5.16. The summed E-state index contributed by atoms with van der Waals surface area (Å²) in [5.74, 6) is 0. The molecule has 4 heteroatoms. The van der Waals surface area contributed by atoms with Crippen molar-refractivity contribution in [2.75, 3.05) is 6.54 Å². The van der Waals surface area contributed by atoms with Crippen molar-refractivity contribution in [1.82, 2.24) is 20.1 Å². The average Bonchev–Trinajstić information content (AvgIpc) is 3.00. The number of H-pyrrole nitrogens is 1. The Morgan fingerprint density at radius 2 is 2.44 bits per heavy atom. The number of rotatable bonds is 3. The molecule has 1 fully saturated rings. The quantitative estimate of drug-likeness (QED) is 0.899. The van der Waals surface area contributed by atoms with Crippen molar-refractivity contribution >= 4 is 0 Å². The predicted molar refractivity (Wildman–Crippen MR) is 69.9 cm³/mol. The van der Waals surface area contributed by atoms with E-state index in [1.54, 1.807) is 0 Å². The molecule has 94 valence electrons. The van der Waals surface area contributed by atoms with E-state index in [-0.39, 0.29) is 0 Å². The molecule has 1 atom stereocenters. The van der Waals surface area contributed by atoms with Gasteiger partial charge in [0.15, 0.2) is 0 Å². The van der Waals surface area contributed by atoms with Gasteiger partial charge in [0.1, 0.15) is 0 Å². The molecule has 0 radical (unpaired) electrons. The summed E-state index contributed by atoms with van der Waals surface area (Å²) in [6, 6.07) is 6.81. The van der Waals surface area contributed by atoms with Crippen LogP contribution in [0.2, 0.25) is 0 Å². The molecule has 0 unspecified atom stereocenters. The summed E-state index contributed by atoms with van der Waals surface area (Å²) in [7, 11) is 0. The van der Waals surface area contributed by atoms with Gasteiger partial charge in [0.25, 0.3) is 0 Å². The molecule has 3 rings (SSSR count). The van der Waals surface area contributed by atoms with Crippen molar-refractivity contribution in [3.8, 4) is 0 Å². The first-order valence-corrected chi connectivity index (χ1v) is 6.48. The fraction of sp³-hybridized carbons (Fsp3) is 0.429. The summed E-state index contributed by atoms with van der Waals surface area (Å²) in [5, 5.41) is 7.33. The van der Waals surface area contributed by atoms with Gasteiger partial charge in [-0.15, -0.1) is 0 Å². The number of pyridine rings is 1. The van der Waals surface area contributed by atoms with Gasteiger partial charge in [0, 0.05) is 30.7 Å². The maximum absolute atomic E-state index is 4.33. The van der Waals surface area contributed by atoms with E-state index >= 15 is 0 Å². The van der Waals surface area contributed by atoms with E-state index in [2.05, 4.69) is 32.2 Å². The van der Waals surface area contributed by atoms with Crippen LogP contribution < -0.4 is 0 Å². The smallest absolute Gasteiger partial charge is 0.0765 e. The Morgan fingerprint density at radius 3 is 3.17 bits per heavy atom. The predicted octanol–water partition coefficient (Wildman–Crippen LogP) is 2.45. The number of hydrogen-bond acceptors (Lipinski definition) is 3. The fourth-order valence-corrected chi connectivity index (χ4v) is 2.73. The van der Waals surface area contributed by atoms with Crippen LogP contribution in [0.5, 0.6) is 0 Å². The van der Waals surface area contributed by atoms with Crippen LogP contribution in [-0.2, 0) is 6.54 Å². The first-order valence-electron chi connectivity index (χ1n) is 6.48. The van der Waals surface area contributed by atoms with E-state index in [4.69, 9.17) is 0 Å². The van der Waals surface area contributed by atoms with E-state index in [0.717, 1.165) is 24.5 Å². The third-order valence-corrected chi connectivity index (χ3v) is 3.56. The second-order valence-electron chi connectivity index (χ2n) is 4.96. The Bertz CT molecular complexity index is 506. The Hall–Kier alpha value is -1.68. The Balaban J connectivity index is 1.75. The number of aromatic amines is 1. The molecule has 18 heavy (non-hydrogen) atoms. The zero-order chi connectivity index (χ0) is 12.4. The zero-order valence-electron chi connectivity index (χ0n) is 10.6. The number of hydrogen-bond donors (Lipinski definition) is 1. The van der Waals surface area contributed by atoms with Gasteiger partial charge >= 0.3 is 0 Å². The summed E-state index contributed by atoms with van der Waals surface area (Å²) >= 11 is 0. The molecule has 3 heterocycles. The van der Waals surface area contributed by atoms with Gasteiger partial charge in [-0.25, -0.2) is 0 Å². The van der Waals surface area contributed by atoms with Crippen molar-refractivity contribution in [2.24, 2.45) is 0 Å². The molecule has 1 aliphatic heterocycles. The molecule has 1 aliphatic rings. The highest BCUT2D eigenvalue weighted by Crippen LogP contribution is 2.32. The molecular weight excluding hydrogens is 224 g/mol. The van der Waals surface area contributed by atoms with Crippen LogP contribution in [0.1, 0.15) is 35.8 Å². The fourth-order valence-electron chi connectivity index (χ4n) is 2.73. The van der Waals surface area contributed by atoms with Crippen LogP contribution in [0.3, 0.4) is 0 Å². The standard InChI is InChI=1S/C14H18N4/c1-11-8-13(17-16-11)10-18-7-3-5-14(18)12-4-2-6-15-9-12/h2,4,6,8-9,14H,3,5,7,10H2,1H3,(H,16,17)/t14-/m0/s1. The van der Waals surface area contributed by atoms with Crippen molar-refractivity contribution in [3.05, 3.63) is 47.5 Å². The maximum atomic E-state index is 4.33. The molecule has 1 saturated heterocycles. The molecule has 0 saturated carbocycles. The Labute approximate surface area is 107 Å². The van der Waals surface area contributed by atoms with Gasteiger partial charge in [0.2, 0.25) is 0 Å². The summed E-state index contributed by atoms with van der Waals surface area (Å²) in [6.07, 6.45) is 6.29. The molecule has 0 bridgehead atoms. The molecule has 1 N–H and O–H groups in total. The maximum Gasteiger partial charge on any atom is 0.0765 e. The highest BCUT2D eigenvalue weighted by Gasteiger charge is 2.26. The lowest BCUT2D eigenvalue weighted by Gasteiger charge is -2.23. The number of aryl methyl sites for hydroxylation is 1. The zero-order valence-corrected chi connectivity index (χ0v) is 10.6. The van der Waals surface area contributed by atoms with Gasteiger partial charge < -0.3 is 0 Å². The molecule has 4 nitrogen and oxygen atoms in total. The van der Waals surface area contributed by atoms with Crippen LogP contribution >= 0.6 is 0 Å². The topological polar surface area (TPSA) is 44.8 Å². The third kappa shape index (κ3) is 2.29. The summed E-state index contributed by atoms with van der Waals surface area (Å²) in [4.78, 5) is 6.72. The summed E-state index contributed by atoms with van der Waals surface area (Å²) < 4.78 is 0. The van der Waals surface area contributed by atoms with Crippen LogP contribution in [-0.4, -0.2) is 26.6 Å². The summed E-state index contributed by atoms with van der Waals surface area (Å²) in [5.41, 5.74) is 3.58. The Morgan fingerprint density at radius 1 is 1.50 bits per heavy atom. The second kappa shape index (κ2) is 4.90. The van der Waals surface area contributed by atoms with Gasteiger partial charge in [-0.1, -0.05) is 6.07 Å². The third-order valence-electron chi connectivity index (χ3n) is 3.56. The summed E-state index contributed by atoms with van der Waals surface area (Å²) in [6.45, 7) is 4.11. The molecule has 0 amide bonds. The van der Waals surface area contributed by atoms with E-state index in [1.165, 1.54) is 18.4 Å². The first-order chi connectivity index (χ1) is 8.83. The minimum Gasteiger partial charge on any atom is -0.290 e. The van der Waals surface area contributed by atoms with Gasteiger partial charge in [0.05, 0.1) is 5.69 Å². The number of aromatic nitrogens is 3. The minimum atomic E-state index is 0.496. The molecular formula is C14H18N4. The SMILES string of the molecule is Cc1cc(CN2CCC[C@H]2c2cccnc2)n[nH]1. The van der Waals surface area contributed by atoms with Crippen LogP contribution in [0, 0.1) is 6.92 Å². The van der Waals surface area contributed by atoms with E-state index in [1.807, 2.05) is 25.4 Å². The van der Waals surface area contributed by atoms with E-state index < -0.39 is 0 Å². The molecule has 0 aliphatic carbocycles. The lowest BCUT2D eigenvalue weighted by Crippen LogP contribution is -2.23. The van der Waals surface area contributed by atoms with E-state index in [9.17, 15) is 0 Å². The molecule has 2 aromatic heterocycles. The lowest BCUT2D eigenvalue weighted by atomic mass is 10.1. The molecule has 2 aromatic rings. The van der Waals surface area contributed by atoms with Crippen molar-refractivity contribution < 1.29 is 0 Å². The first kappa shape index (κ1) is 11.4. The van der Waals surface area contributed by atoms with Gasteiger partial charge in [-0.2, -0.15) is 5.10 Å². The normalized spacial score (nSPS) is 20.4. The second-order valence-corrected chi connectivity index (χ2v) is 4.96. The van der Waals surface area contributed by atoms with Crippen LogP contribution in [0.15, 0.2) is 30.6 Å². The number of nitrogens with one attached hydrogen (secondary N) is 1. The lowest BCUT2D eigenvalue weighted by molar-refractivity contribution is 0.245. The largest absolute Gasteiger partial charge is 0.290 e. The number of likely N-dealkylation sites (tertiary alicyclic amines) is 1. The van der Waals surface area contributed by atoms with Crippen molar-refractivity contribution in [2.45, 2.75) is 32.4 Å². The van der Waals surface area contributed by atoms with Gasteiger partial charge in [-0.05, 0) is 44.0 Å². The average molecular weight is 242 g/mol. The Kier molecular flexibility index (Phi) is 3.11. The van der Waals surface area contributed by atoms with E-state index in [0.29, 0.717) is 6.04 Å².